The molecule has 0 spiro atoms. The Hall–Kier alpha value is -2.13. The van der Waals surface area contributed by atoms with Gasteiger partial charge in [0.1, 0.15) is 0 Å². The largest absolute Gasteiger partial charge is 0.147 e. The monoisotopic (exact) mass is 674 g/mol. The van der Waals surface area contributed by atoms with Crippen molar-refractivity contribution in [2.75, 3.05) is 0 Å². The molecule has 0 saturated heterocycles. The Labute approximate surface area is 280 Å². The number of rotatable bonds is 10. The molecule has 2 aliphatic carbocycles. The van der Waals surface area contributed by atoms with Crippen LogP contribution in [0.3, 0.4) is 0 Å². The van der Waals surface area contributed by atoms with Crippen molar-refractivity contribution >= 4 is 44.6 Å². The van der Waals surface area contributed by atoms with E-state index in [0.29, 0.717) is 8.45 Å². The first kappa shape index (κ1) is 34.7. The Kier molecular flexibility index (Phi) is 11.1. The maximum atomic E-state index is 2.79. The van der Waals surface area contributed by atoms with Gasteiger partial charge in [0.05, 0.1) is 0 Å². The minimum absolute atomic E-state index is 0. The molecule has 0 aliphatic heterocycles. The van der Waals surface area contributed by atoms with Gasteiger partial charge in [0.15, 0.2) is 0 Å². The third-order valence-electron chi connectivity index (χ3n) is 10.0. The summed E-state index contributed by atoms with van der Waals surface area (Å²) in [4.78, 5) is 0. The molecule has 2 aliphatic rings. The van der Waals surface area contributed by atoms with Crippen LogP contribution >= 0.6 is 24.8 Å². The number of unbranched alkanes of at least 4 members (excludes halogenated alkanes) is 2. The topological polar surface area (TPSA) is 0 Å². The molecule has 0 amide bonds. The van der Waals surface area contributed by atoms with Crippen molar-refractivity contribution in [1.29, 1.82) is 0 Å². The molecule has 0 radical (unpaired) electrons. The Morgan fingerprint density at radius 1 is 0.545 bits per heavy atom. The van der Waals surface area contributed by atoms with Crippen LogP contribution in [0.15, 0.2) is 108 Å². The number of benzene rings is 4. The minimum Gasteiger partial charge on any atom is -0.147 e. The molecule has 0 N–H and O–H groups in total. The van der Waals surface area contributed by atoms with Gasteiger partial charge >= 0.3 is 258 Å². The second-order valence-electron chi connectivity index (χ2n) is 13.8. The molecule has 2 unspecified atom stereocenters. The van der Waals surface area contributed by atoms with Crippen molar-refractivity contribution in [3.05, 3.63) is 130 Å². The average molecular weight is 676 g/mol. The van der Waals surface area contributed by atoms with Crippen molar-refractivity contribution in [1.82, 2.24) is 0 Å². The Bertz CT molecular complexity index is 1610. The van der Waals surface area contributed by atoms with E-state index in [1.54, 1.807) is 22.3 Å². The van der Waals surface area contributed by atoms with Crippen LogP contribution in [0.1, 0.15) is 83.1 Å². The Morgan fingerprint density at radius 2 is 0.932 bits per heavy atom. The van der Waals surface area contributed by atoms with E-state index in [4.69, 9.17) is 0 Å². The van der Waals surface area contributed by atoms with E-state index in [9.17, 15) is 0 Å². The first-order chi connectivity index (χ1) is 20.3. The summed E-state index contributed by atoms with van der Waals surface area (Å²) in [6.07, 6.45) is 12.7. The molecule has 2 atom stereocenters. The van der Waals surface area contributed by atoms with E-state index >= 15 is 0 Å². The van der Waals surface area contributed by atoms with Crippen LogP contribution in [0, 0.1) is 0 Å². The molecule has 0 nitrogen and oxygen atoms in total. The fourth-order valence-corrected chi connectivity index (χ4v) is 21.3. The van der Waals surface area contributed by atoms with Crippen LogP contribution in [0.4, 0.5) is 0 Å². The zero-order chi connectivity index (χ0) is 29.3. The van der Waals surface area contributed by atoms with Crippen LogP contribution in [0.2, 0.25) is 10.5 Å². The first-order valence-corrected chi connectivity index (χ1v) is 25.1. The molecular weight excluding hydrogens is 627 g/mol. The average Bonchev–Trinajstić information content (AvgIpc) is 3.59. The van der Waals surface area contributed by atoms with Crippen LogP contribution in [-0.2, 0) is 14.0 Å². The maximum absolute atomic E-state index is 3.37. The molecule has 0 bridgehead atoms. The second-order valence-corrected chi connectivity index (χ2v) is 34.0. The molecule has 0 fully saturated rings. The summed E-state index contributed by atoms with van der Waals surface area (Å²) < 4.78 is 1.10. The van der Waals surface area contributed by atoms with Crippen molar-refractivity contribution in [3.63, 3.8) is 0 Å². The second kappa shape index (κ2) is 14.1. The van der Waals surface area contributed by atoms with Crippen LogP contribution in [0.25, 0.3) is 34.4 Å². The number of halogens is 2. The first-order valence-electron chi connectivity index (χ1n) is 16.2. The zero-order valence-electron chi connectivity index (χ0n) is 26.8. The van der Waals surface area contributed by atoms with E-state index in [0.717, 1.165) is 0 Å². The zero-order valence-corrected chi connectivity index (χ0v) is 31.4. The van der Waals surface area contributed by atoms with Crippen LogP contribution in [0.5, 0.6) is 0 Å². The van der Waals surface area contributed by atoms with E-state index < -0.39 is 14.0 Å². The SMILES string of the molecule is CCCCC1=Cc2c(-c3ccccc3)cccc2[CH]1[Ti]([CH3])([CH3])(=[SiH2])[CH]1C(CCCC)=Cc2c(-c3ccccc3)cccc21.Cl.Cl. The number of fused-ring (bicyclic) bond motifs is 2. The van der Waals surface area contributed by atoms with Gasteiger partial charge in [-0.05, 0) is 0 Å². The molecule has 6 rings (SSSR count). The Morgan fingerprint density at radius 3 is 1.30 bits per heavy atom. The van der Waals surface area contributed by atoms with Gasteiger partial charge in [0.2, 0.25) is 0 Å². The maximum Gasteiger partial charge on any atom is -0.147 e. The summed E-state index contributed by atoms with van der Waals surface area (Å²) in [6, 6.07) is 36.4. The number of hydrogen-bond acceptors (Lipinski definition) is 0. The molecule has 230 valence electrons. The molecule has 44 heavy (non-hydrogen) atoms. The number of allylic oxidation sites excluding steroid dienone is 2. The molecule has 4 aromatic carbocycles. The minimum atomic E-state index is -3.37. The Balaban J connectivity index is 0.00000221. The van der Waals surface area contributed by atoms with Crippen LogP contribution in [-0.4, -0.2) is 7.63 Å². The predicted octanol–water partition coefficient (Wildman–Crippen LogP) is 12.2. The van der Waals surface area contributed by atoms with Gasteiger partial charge in [-0.2, -0.15) is 0 Å². The van der Waals surface area contributed by atoms with Gasteiger partial charge in [-0.1, -0.05) is 0 Å². The summed E-state index contributed by atoms with van der Waals surface area (Å²) >= 11 is -3.37. The van der Waals surface area contributed by atoms with Crippen molar-refractivity contribution in [2.24, 2.45) is 0 Å². The van der Waals surface area contributed by atoms with Gasteiger partial charge in [0.25, 0.3) is 0 Å². The summed E-state index contributed by atoms with van der Waals surface area (Å²) in [7, 11) is 2.48. The van der Waals surface area contributed by atoms with Crippen molar-refractivity contribution < 1.29 is 14.0 Å². The van der Waals surface area contributed by atoms with E-state index in [1.807, 2.05) is 0 Å². The fraction of sp³-hybridized carbons (Fsp3) is 0.300. The van der Waals surface area contributed by atoms with Gasteiger partial charge < -0.3 is 0 Å². The predicted molar refractivity (Wildman–Crippen MR) is 199 cm³/mol. The molecule has 0 aromatic heterocycles. The third kappa shape index (κ3) is 6.29. The normalized spacial score (nSPS) is 17.1. The molecular formula is C40H48Cl2SiTi. The van der Waals surface area contributed by atoms with E-state index in [1.165, 1.54) is 71.9 Å². The van der Waals surface area contributed by atoms with Crippen LogP contribution < -0.4 is 0 Å². The van der Waals surface area contributed by atoms with Crippen molar-refractivity contribution in [3.8, 4) is 22.3 Å². The third-order valence-corrected chi connectivity index (χ3v) is 21.4. The molecule has 4 heteroatoms. The summed E-state index contributed by atoms with van der Waals surface area (Å²) in [5.41, 5.74) is 15.0. The van der Waals surface area contributed by atoms with Gasteiger partial charge in [0, 0.05) is 0 Å². The fourth-order valence-electron chi connectivity index (χ4n) is 8.27. The summed E-state index contributed by atoms with van der Waals surface area (Å²) in [5.74, 6) is 0. The van der Waals surface area contributed by atoms with E-state index in [2.05, 4.69) is 141 Å². The smallest absolute Gasteiger partial charge is 0.147 e. The number of hydrogen-bond donors (Lipinski definition) is 0. The van der Waals surface area contributed by atoms with E-state index in [-0.39, 0.29) is 24.8 Å². The summed E-state index contributed by atoms with van der Waals surface area (Å²) in [5, 5.41) is 5.58. The molecule has 4 aromatic rings. The standard InChI is InChI=1S/2C19H19.2CH3.2ClH.H2Si.Ti/c2*1-2-3-8-15-13-17-11-7-12-18(19(17)14-15)16-9-5-4-6-10-16;;;;;;/h2*4-7,9-14H,2-3,8H2,1H3;2*1H3;2*1H;1H2;. The molecule has 0 heterocycles. The van der Waals surface area contributed by atoms with Gasteiger partial charge in [-0.25, -0.2) is 0 Å². The van der Waals surface area contributed by atoms with Crippen molar-refractivity contribution in [2.45, 2.75) is 71.3 Å². The quantitative estimate of drug-likeness (QED) is 0.147. The van der Waals surface area contributed by atoms with Gasteiger partial charge in [-0.3, -0.25) is 0 Å². The summed E-state index contributed by atoms with van der Waals surface area (Å²) in [6.45, 7) is 4.68. The van der Waals surface area contributed by atoms with Gasteiger partial charge in [-0.15, -0.1) is 24.8 Å². The molecule has 0 saturated carbocycles.